The molecular formula is C10H18O3S. The van der Waals surface area contributed by atoms with Gasteiger partial charge in [-0.25, -0.2) is 0 Å². The summed E-state index contributed by atoms with van der Waals surface area (Å²) in [6.45, 7) is 3.57. The van der Waals surface area contributed by atoms with Crippen LogP contribution in [0.5, 0.6) is 0 Å². The molecule has 0 aromatic heterocycles. The maximum Gasteiger partial charge on any atom is 0.304 e. The van der Waals surface area contributed by atoms with Gasteiger partial charge in [-0.1, -0.05) is 13.3 Å². The number of thiol groups is 1. The molecule has 0 aliphatic rings. The molecule has 0 aliphatic heterocycles. The summed E-state index contributed by atoms with van der Waals surface area (Å²) in [5.41, 5.74) is 0. The minimum absolute atomic E-state index is 0.0244. The Hall–Kier alpha value is -0.510. The third-order valence-electron chi connectivity index (χ3n) is 2.18. The Balaban J connectivity index is 4.01. The smallest absolute Gasteiger partial charge is 0.304 e. The zero-order valence-electron chi connectivity index (χ0n) is 8.69. The molecule has 0 aliphatic carbocycles. The van der Waals surface area contributed by atoms with E-state index in [1.807, 2.05) is 6.92 Å². The molecule has 2 atom stereocenters. The number of hydrogen-bond acceptors (Lipinski definition) is 3. The van der Waals surface area contributed by atoms with Gasteiger partial charge in [-0.3, -0.25) is 9.59 Å². The molecule has 0 fully saturated rings. The lowest BCUT2D eigenvalue weighted by atomic mass is 9.93. The molecule has 0 radical (unpaired) electrons. The van der Waals surface area contributed by atoms with Crippen LogP contribution in [0, 0.1) is 5.92 Å². The summed E-state index contributed by atoms with van der Waals surface area (Å²) in [7, 11) is 0. The summed E-state index contributed by atoms with van der Waals surface area (Å²) in [6, 6.07) is 0. The van der Waals surface area contributed by atoms with Crippen molar-refractivity contribution in [2.24, 2.45) is 5.92 Å². The maximum atomic E-state index is 11.2. The van der Waals surface area contributed by atoms with E-state index in [4.69, 9.17) is 5.11 Å². The molecule has 14 heavy (non-hydrogen) atoms. The normalized spacial score (nSPS) is 14.8. The third kappa shape index (κ3) is 6.02. The van der Waals surface area contributed by atoms with Crippen molar-refractivity contribution in [3.63, 3.8) is 0 Å². The zero-order chi connectivity index (χ0) is 11.1. The van der Waals surface area contributed by atoms with E-state index >= 15 is 0 Å². The predicted octanol–water partition coefficient (Wildman–Crippen LogP) is 2.15. The van der Waals surface area contributed by atoms with Gasteiger partial charge in [-0.2, -0.15) is 12.6 Å². The Morgan fingerprint density at radius 2 is 2.00 bits per heavy atom. The molecule has 0 aromatic rings. The van der Waals surface area contributed by atoms with Crippen LogP contribution >= 0.6 is 12.6 Å². The highest BCUT2D eigenvalue weighted by Gasteiger charge is 2.18. The molecule has 82 valence electrons. The highest BCUT2D eigenvalue weighted by molar-refractivity contribution is 7.81. The van der Waals surface area contributed by atoms with Crippen molar-refractivity contribution in [3.8, 4) is 0 Å². The molecule has 1 N–H and O–H groups in total. The van der Waals surface area contributed by atoms with Gasteiger partial charge >= 0.3 is 5.97 Å². The quantitative estimate of drug-likeness (QED) is 0.644. The van der Waals surface area contributed by atoms with Gasteiger partial charge in [-0.05, 0) is 19.8 Å². The van der Waals surface area contributed by atoms with Gasteiger partial charge in [0.15, 0.2) is 0 Å². The van der Waals surface area contributed by atoms with E-state index < -0.39 is 5.97 Å². The lowest BCUT2D eigenvalue weighted by Crippen LogP contribution is -2.18. The number of carboxylic acids is 1. The molecule has 0 spiro atoms. The van der Waals surface area contributed by atoms with Crippen molar-refractivity contribution in [1.82, 2.24) is 0 Å². The second-order valence-electron chi connectivity index (χ2n) is 3.58. The highest BCUT2D eigenvalue weighted by atomic mass is 32.1. The van der Waals surface area contributed by atoms with Gasteiger partial charge < -0.3 is 5.11 Å². The number of Topliss-reactive ketones (excluding diaryl/α,β-unsaturated/α-hetero) is 1. The third-order valence-corrected chi connectivity index (χ3v) is 2.57. The zero-order valence-corrected chi connectivity index (χ0v) is 9.59. The molecule has 0 heterocycles. The molecule has 0 aromatic carbocycles. The molecule has 4 heteroatoms. The van der Waals surface area contributed by atoms with E-state index in [1.165, 1.54) is 0 Å². The number of rotatable bonds is 7. The van der Waals surface area contributed by atoms with Crippen LogP contribution < -0.4 is 0 Å². The van der Waals surface area contributed by atoms with Crippen molar-refractivity contribution < 1.29 is 14.7 Å². The summed E-state index contributed by atoms with van der Waals surface area (Å²) in [6.07, 6.45) is 2.36. The number of ketones is 1. The van der Waals surface area contributed by atoms with Crippen LogP contribution in [0.2, 0.25) is 0 Å². The van der Waals surface area contributed by atoms with E-state index in [1.54, 1.807) is 6.92 Å². The fourth-order valence-corrected chi connectivity index (χ4v) is 1.86. The Bertz CT molecular complexity index is 204. The molecular weight excluding hydrogens is 200 g/mol. The van der Waals surface area contributed by atoms with Crippen molar-refractivity contribution >= 4 is 24.4 Å². The summed E-state index contributed by atoms with van der Waals surface area (Å²) in [5, 5.41) is 8.32. The number of carbonyl (C=O) groups excluding carboxylic acids is 1. The number of aliphatic carboxylic acids is 1. The van der Waals surface area contributed by atoms with Gasteiger partial charge in [0.25, 0.3) is 0 Å². The fraction of sp³-hybridized carbons (Fsp3) is 0.800. The standard InChI is InChI=1S/C10H18O3S/c1-3-4-8(7(2)11)5-9(14)6-10(12)13/h8-9,14H,3-6H2,1-2H3,(H,12,13). The van der Waals surface area contributed by atoms with Gasteiger partial charge in [0.2, 0.25) is 0 Å². The number of hydrogen-bond donors (Lipinski definition) is 2. The molecule has 3 nitrogen and oxygen atoms in total. The van der Waals surface area contributed by atoms with Gasteiger partial charge in [0.1, 0.15) is 5.78 Å². The Labute approximate surface area is 90.3 Å². The maximum absolute atomic E-state index is 11.2. The monoisotopic (exact) mass is 218 g/mol. The minimum Gasteiger partial charge on any atom is -0.481 e. The molecule has 2 unspecified atom stereocenters. The first-order valence-corrected chi connectivity index (χ1v) is 5.39. The highest BCUT2D eigenvalue weighted by Crippen LogP contribution is 2.19. The first kappa shape index (κ1) is 13.5. The lowest BCUT2D eigenvalue weighted by molar-refractivity contribution is -0.137. The first-order valence-electron chi connectivity index (χ1n) is 4.87. The van der Waals surface area contributed by atoms with Crippen LogP contribution in [0.25, 0.3) is 0 Å². The fourth-order valence-electron chi connectivity index (χ4n) is 1.45. The van der Waals surface area contributed by atoms with Crippen molar-refractivity contribution in [2.45, 2.75) is 44.8 Å². The SMILES string of the molecule is CCCC(CC(S)CC(=O)O)C(C)=O. The second-order valence-corrected chi connectivity index (χ2v) is 4.31. The van der Waals surface area contributed by atoms with Crippen LogP contribution in [0.3, 0.4) is 0 Å². The average Bonchev–Trinajstić information content (AvgIpc) is 2.01. The molecule has 0 saturated carbocycles. The van der Waals surface area contributed by atoms with E-state index in [9.17, 15) is 9.59 Å². The van der Waals surface area contributed by atoms with E-state index in [0.717, 1.165) is 12.8 Å². The van der Waals surface area contributed by atoms with Crippen LogP contribution in [-0.4, -0.2) is 22.1 Å². The van der Waals surface area contributed by atoms with E-state index in [2.05, 4.69) is 12.6 Å². The lowest BCUT2D eigenvalue weighted by Gasteiger charge is -2.16. The first-order chi connectivity index (χ1) is 6.47. The average molecular weight is 218 g/mol. The van der Waals surface area contributed by atoms with Gasteiger partial charge in [0.05, 0.1) is 6.42 Å². The van der Waals surface area contributed by atoms with Crippen molar-refractivity contribution in [1.29, 1.82) is 0 Å². The summed E-state index contributed by atoms with van der Waals surface area (Å²) in [5.74, 6) is -0.748. The van der Waals surface area contributed by atoms with Crippen LogP contribution in [0.1, 0.15) is 39.5 Å². The molecule has 0 bridgehead atoms. The Kier molecular flexibility index (Phi) is 6.62. The van der Waals surface area contributed by atoms with E-state index in [0.29, 0.717) is 6.42 Å². The topological polar surface area (TPSA) is 54.4 Å². The van der Waals surface area contributed by atoms with Gasteiger partial charge in [0, 0.05) is 11.2 Å². The van der Waals surface area contributed by atoms with E-state index in [-0.39, 0.29) is 23.4 Å². The Morgan fingerprint density at radius 3 is 2.36 bits per heavy atom. The minimum atomic E-state index is -0.858. The largest absolute Gasteiger partial charge is 0.481 e. The summed E-state index contributed by atoms with van der Waals surface area (Å²) in [4.78, 5) is 21.6. The molecule has 0 amide bonds. The number of carbonyl (C=O) groups is 2. The number of carboxylic acid groups (broad SMARTS) is 1. The molecule has 0 saturated heterocycles. The van der Waals surface area contributed by atoms with Crippen LogP contribution in [0.4, 0.5) is 0 Å². The molecule has 0 rings (SSSR count). The van der Waals surface area contributed by atoms with Crippen LogP contribution in [0.15, 0.2) is 0 Å². The van der Waals surface area contributed by atoms with Crippen LogP contribution in [-0.2, 0) is 9.59 Å². The summed E-state index contributed by atoms with van der Waals surface area (Å²) >= 11 is 4.16. The Morgan fingerprint density at radius 1 is 1.43 bits per heavy atom. The van der Waals surface area contributed by atoms with Crippen molar-refractivity contribution in [2.75, 3.05) is 0 Å². The van der Waals surface area contributed by atoms with Gasteiger partial charge in [-0.15, -0.1) is 0 Å². The second kappa shape index (κ2) is 6.87. The summed E-state index contributed by atoms with van der Waals surface area (Å²) < 4.78 is 0. The van der Waals surface area contributed by atoms with Crippen molar-refractivity contribution in [3.05, 3.63) is 0 Å². The predicted molar refractivity (Wildman–Crippen MR) is 58.7 cm³/mol.